The van der Waals surface area contributed by atoms with E-state index in [9.17, 15) is 9.90 Å². The number of rotatable bonds is 7. The Kier molecular flexibility index (Phi) is 5.98. The quantitative estimate of drug-likeness (QED) is 0.733. The van der Waals surface area contributed by atoms with Crippen molar-refractivity contribution in [1.82, 2.24) is 15.1 Å². The standard InChI is InChI=1S/C15H31N3O2/c1-7-16-15(4,14(19)20)8-12(3)18-9-11(2)13(10-18)17(5)6/h11-13,16H,7-10H2,1-6H3,(H,19,20). The summed E-state index contributed by atoms with van der Waals surface area (Å²) in [7, 11) is 4.24. The third-order valence-corrected chi connectivity index (χ3v) is 4.63. The molecule has 0 spiro atoms. The lowest BCUT2D eigenvalue weighted by atomic mass is 9.93. The molecule has 1 fully saturated rings. The number of likely N-dealkylation sites (tertiary alicyclic amines) is 1. The van der Waals surface area contributed by atoms with Crippen LogP contribution in [-0.4, -0.2) is 72.2 Å². The van der Waals surface area contributed by atoms with Crippen LogP contribution in [0.15, 0.2) is 0 Å². The molecule has 1 saturated heterocycles. The van der Waals surface area contributed by atoms with Crippen molar-refractivity contribution in [2.24, 2.45) is 5.92 Å². The fourth-order valence-corrected chi connectivity index (χ4v) is 3.36. The van der Waals surface area contributed by atoms with Gasteiger partial charge in [-0.15, -0.1) is 0 Å². The molecular weight excluding hydrogens is 254 g/mol. The number of nitrogens with zero attached hydrogens (tertiary/aromatic N) is 2. The maximum atomic E-state index is 11.5. The van der Waals surface area contributed by atoms with Gasteiger partial charge in [0, 0.05) is 25.2 Å². The molecule has 20 heavy (non-hydrogen) atoms. The molecule has 1 aliphatic rings. The first-order valence-electron chi connectivity index (χ1n) is 7.60. The fourth-order valence-electron chi connectivity index (χ4n) is 3.36. The zero-order valence-corrected chi connectivity index (χ0v) is 13.8. The van der Waals surface area contributed by atoms with Gasteiger partial charge in [-0.05, 0) is 46.8 Å². The maximum absolute atomic E-state index is 11.5. The lowest BCUT2D eigenvalue weighted by Gasteiger charge is -2.33. The first-order valence-corrected chi connectivity index (χ1v) is 7.60. The van der Waals surface area contributed by atoms with Gasteiger partial charge in [-0.3, -0.25) is 9.69 Å². The van der Waals surface area contributed by atoms with Crippen molar-refractivity contribution in [2.75, 3.05) is 33.7 Å². The van der Waals surface area contributed by atoms with E-state index >= 15 is 0 Å². The molecule has 0 aromatic rings. The Morgan fingerprint density at radius 1 is 1.50 bits per heavy atom. The number of likely N-dealkylation sites (N-methyl/N-ethyl adjacent to an activating group) is 2. The van der Waals surface area contributed by atoms with Crippen molar-refractivity contribution in [3.63, 3.8) is 0 Å². The zero-order chi connectivity index (χ0) is 15.5. The molecular formula is C15H31N3O2. The number of aliphatic carboxylic acids is 1. The fraction of sp³-hybridized carbons (Fsp3) is 0.933. The number of nitrogens with one attached hydrogen (secondary N) is 1. The van der Waals surface area contributed by atoms with Gasteiger partial charge in [-0.1, -0.05) is 13.8 Å². The van der Waals surface area contributed by atoms with Gasteiger partial charge in [0.15, 0.2) is 0 Å². The van der Waals surface area contributed by atoms with E-state index in [-0.39, 0.29) is 6.04 Å². The smallest absolute Gasteiger partial charge is 0.323 e. The highest BCUT2D eigenvalue weighted by molar-refractivity contribution is 5.78. The lowest BCUT2D eigenvalue weighted by Crippen LogP contribution is -2.53. The van der Waals surface area contributed by atoms with Crippen molar-refractivity contribution >= 4 is 5.97 Å². The average Bonchev–Trinajstić information content (AvgIpc) is 2.71. The Hall–Kier alpha value is -0.650. The second-order valence-electron chi connectivity index (χ2n) is 6.68. The van der Waals surface area contributed by atoms with Crippen LogP contribution in [0, 0.1) is 5.92 Å². The summed E-state index contributed by atoms with van der Waals surface area (Å²) in [5.41, 5.74) is -0.840. The first-order chi connectivity index (χ1) is 9.21. The minimum atomic E-state index is -0.840. The topological polar surface area (TPSA) is 55.8 Å². The molecule has 0 amide bonds. The van der Waals surface area contributed by atoms with Crippen LogP contribution in [0.4, 0.5) is 0 Å². The van der Waals surface area contributed by atoms with Gasteiger partial charge in [0.1, 0.15) is 5.54 Å². The lowest BCUT2D eigenvalue weighted by molar-refractivity contribution is -0.145. The molecule has 118 valence electrons. The van der Waals surface area contributed by atoms with Crippen LogP contribution in [0.1, 0.15) is 34.1 Å². The van der Waals surface area contributed by atoms with Crippen LogP contribution in [0.3, 0.4) is 0 Å². The summed E-state index contributed by atoms with van der Waals surface area (Å²) in [4.78, 5) is 16.2. The van der Waals surface area contributed by atoms with Crippen LogP contribution in [0.25, 0.3) is 0 Å². The summed E-state index contributed by atoms with van der Waals surface area (Å²) in [5, 5.41) is 12.6. The zero-order valence-electron chi connectivity index (χ0n) is 13.8. The first kappa shape index (κ1) is 17.4. The summed E-state index contributed by atoms with van der Waals surface area (Å²) < 4.78 is 0. The molecule has 1 heterocycles. The Bertz CT molecular complexity index is 335. The van der Waals surface area contributed by atoms with Gasteiger partial charge in [0.25, 0.3) is 0 Å². The van der Waals surface area contributed by atoms with E-state index in [1.807, 2.05) is 6.92 Å². The maximum Gasteiger partial charge on any atom is 0.323 e. The minimum absolute atomic E-state index is 0.266. The third kappa shape index (κ3) is 3.93. The Balaban J connectivity index is 2.67. The number of carboxylic acid groups (broad SMARTS) is 1. The number of carbonyl (C=O) groups is 1. The van der Waals surface area contributed by atoms with Crippen molar-refractivity contribution < 1.29 is 9.90 Å². The summed E-state index contributed by atoms with van der Waals surface area (Å²) >= 11 is 0. The van der Waals surface area contributed by atoms with Crippen molar-refractivity contribution in [3.8, 4) is 0 Å². The molecule has 5 heteroatoms. The van der Waals surface area contributed by atoms with Gasteiger partial charge in [-0.25, -0.2) is 0 Å². The second kappa shape index (κ2) is 6.87. The molecule has 4 atom stereocenters. The van der Waals surface area contributed by atoms with E-state index in [4.69, 9.17) is 0 Å². The highest BCUT2D eigenvalue weighted by Gasteiger charge is 2.39. The summed E-state index contributed by atoms with van der Waals surface area (Å²) in [6.07, 6.45) is 0.628. The second-order valence-corrected chi connectivity index (χ2v) is 6.68. The molecule has 0 aliphatic carbocycles. The van der Waals surface area contributed by atoms with Crippen LogP contribution in [0.2, 0.25) is 0 Å². The summed E-state index contributed by atoms with van der Waals surface area (Å²) in [6.45, 7) is 10.9. The van der Waals surface area contributed by atoms with Crippen molar-refractivity contribution in [1.29, 1.82) is 0 Å². The molecule has 0 aromatic heterocycles. The normalized spacial score (nSPS) is 28.6. The van der Waals surface area contributed by atoms with E-state index in [1.165, 1.54) is 0 Å². The van der Waals surface area contributed by atoms with Gasteiger partial charge in [0.2, 0.25) is 0 Å². The van der Waals surface area contributed by atoms with Crippen LogP contribution < -0.4 is 5.32 Å². The number of carboxylic acids is 1. The molecule has 2 N–H and O–H groups in total. The molecule has 0 radical (unpaired) electrons. The predicted octanol–water partition coefficient (Wildman–Crippen LogP) is 1.10. The average molecular weight is 285 g/mol. The summed E-state index contributed by atoms with van der Waals surface area (Å²) in [6, 6.07) is 0.829. The van der Waals surface area contributed by atoms with E-state index < -0.39 is 11.5 Å². The van der Waals surface area contributed by atoms with Crippen LogP contribution in [0.5, 0.6) is 0 Å². The van der Waals surface area contributed by atoms with Gasteiger partial charge >= 0.3 is 5.97 Å². The molecule has 4 unspecified atom stereocenters. The van der Waals surface area contributed by atoms with E-state index in [1.54, 1.807) is 6.92 Å². The third-order valence-electron chi connectivity index (χ3n) is 4.63. The van der Waals surface area contributed by atoms with Crippen molar-refractivity contribution in [2.45, 2.75) is 51.7 Å². The highest BCUT2D eigenvalue weighted by Crippen LogP contribution is 2.25. The van der Waals surface area contributed by atoms with Gasteiger partial charge in [-0.2, -0.15) is 0 Å². The van der Waals surface area contributed by atoms with Crippen LogP contribution >= 0.6 is 0 Å². The molecule has 1 aliphatic heterocycles. The Labute approximate surface area is 123 Å². The van der Waals surface area contributed by atoms with E-state index in [0.717, 1.165) is 13.1 Å². The highest BCUT2D eigenvalue weighted by atomic mass is 16.4. The molecule has 5 nitrogen and oxygen atoms in total. The molecule has 0 bridgehead atoms. The van der Waals surface area contributed by atoms with Crippen molar-refractivity contribution in [3.05, 3.63) is 0 Å². The molecule has 0 saturated carbocycles. The van der Waals surface area contributed by atoms with E-state index in [0.29, 0.717) is 24.9 Å². The van der Waals surface area contributed by atoms with Gasteiger partial charge < -0.3 is 15.3 Å². The SMILES string of the molecule is CCNC(C)(CC(C)N1CC(C)C(N(C)C)C1)C(=O)O. The Morgan fingerprint density at radius 2 is 2.10 bits per heavy atom. The largest absolute Gasteiger partial charge is 0.480 e. The number of hydrogen-bond donors (Lipinski definition) is 2. The van der Waals surface area contributed by atoms with Crippen LogP contribution in [-0.2, 0) is 4.79 Å². The van der Waals surface area contributed by atoms with Gasteiger partial charge in [0.05, 0.1) is 0 Å². The Morgan fingerprint density at radius 3 is 2.50 bits per heavy atom. The summed E-state index contributed by atoms with van der Waals surface area (Å²) in [5.74, 6) is -0.134. The monoisotopic (exact) mass is 285 g/mol. The van der Waals surface area contributed by atoms with E-state index in [2.05, 4.69) is 43.1 Å². The predicted molar refractivity (Wildman–Crippen MR) is 82.0 cm³/mol. The number of hydrogen-bond acceptors (Lipinski definition) is 4. The molecule has 1 rings (SSSR count). The minimum Gasteiger partial charge on any atom is -0.480 e. The molecule has 0 aromatic carbocycles.